The fourth-order valence-electron chi connectivity index (χ4n) is 3.85. The van der Waals surface area contributed by atoms with E-state index >= 15 is 0 Å². The lowest BCUT2D eigenvalue weighted by Crippen LogP contribution is -2.55. The second-order valence-electron chi connectivity index (χ2n) is 8.41. The second-order valence-corrected chi connectivity index (χ2v) is 10.2. The lowest BCUT2D eigenvalue weighted by molar-refractivity contribution is -0.308. The SMILES string of the molecule is O=C(OC(C(F)(F)F)C(F)(F)F)N1CCC2(CCC(NS(=O)(=O)CC3CC3)CO2)CC1. The van der Waals surface area contributed by atoms with Gasteiger partial charge in [0.1, 0.15) is 0 Å². The average Bonchev–Trinajstić information content (AvgIpc) is 3.43. The summed E-state index contributed by atoms with van der Waals surface area (Å²) in [6, 6.07) is -0.392. The molecular weight excluding hydrogens is 458 g/mol. The highest BCUT2D eigenvalue weighted by Gasteiger charge is 2.60. The van der Waals surface area contributed by atoms with E-state index in [-0.39, 0.29) is 44.2 Å². The Bertz CT molecular complexity index is 736. The molecule has 0 bridgehead atoms. The van der Waals surface area contributed by atoms with Gasteiger partial charge >= 0.3 is 18.4 Å². The molecule has 1 amide bonds. The highest BCUT2D eigenvalue weighted by molar-refractivity contribution is 7.89. The molecule has 180 valence electrons. The van der Waals surface area contributed by atoms with Gasteiger partial charge in [-0.2, -0.15) is 26.3 Å². The lowest BCUT2D eigenvalue weighted by Gasteiger charge is -2.45. The van der Waals surface area contributed by atoms with E-state index in [0.29, 0.717) is 12.8 Å². The molecule has 14 heteroatoms. The van der Waals surface area contributed by atoms with Crippen molar-refractivity contribution >= 4 is 16.1 Å². The van der Waals surface area contributed by atoms with Gasteiger partial charge in [0.2, 0.25) is 10.0 Å². The molecular formula is C17H24F6N2O5S. The van der Waals surface area contributed by atoms with Crippen LogP contribution in [-0.2, 0) is 19.5 Å². The number of likely N-dealkylation sites (tertiary alicyclic amines) is 1. The standard InChI is InChI=1S/C17H24F6N2O5S/c18-16(19,20)13(17(21,22)23)30-14(26)25-7-5-15(6-8-25)4-3-12(9-29-15)24-31(27,28)10-11-1-2-11/h11-13,24H,1-10H2. The summed E-state index contributed by atoms with van der Waals surface area (Å²) >= 11 is 0. The number of ether oxygens (including phenoxy) is 2. The summed E-state index contributed by atoms with van der Waals surface area (Å²) in [5, 5.41) is 0. The molecule has 0 aromatic carbocycles. The smallest absolute Gasteiger partial charge is 0.426 e. The Morgan fingerprint density at radius 2 is 1.65 bits per heavy atom. The highest BCUT2D eigenvalue weighted by atomic mass is 32.2. The summed E-state index contributed by atoms with van der Waals surface area (Å²) in [6.45, 7) is -0.142. The van der Waals surface area contributed by atoms with Gasteiger partial charge in [-0.05, 0) is 44.4 Å². The van der Waals surface area contributed by atoms with E-state index in [1.165, 1.54) is 0 Å². The van der Waals surface area contributed by atoms with Crippen molar-refractivity contribution in [2.75, 3.05) is 25.4 Å². The number of hydrogen-bond acceptors (Lipinski definition) is 5. The second kappa shape index (κ2) is 8.58. The minimum atomic E-state index is -5.76. The van der Waals surface area contributed by atoms with Crippen molar-refractivity contribution in [1.82, 2.24) is 9.62 Å². The number of nitrogens with one attached hydrogen (secondary N) is 1. The fraction of sp³-hybridized carbons (Fsp3) is 0.941. The summed E-state index contributed by atoms with van der Waals surface area (Å²) in [4.78, 5) is 12.7. The van der Waals surface area contributed by atoms with Crippen LogP contribution in [0.5, 0.6) is 0 Å². The maximum absolute atomic E-state index is 12.6. The van der Waals surface area contributed by atoms with Gasteiger partial charge in [0.05, 0.1) is 18.0 Å². The molecule has 7 nitrogen and oxygen atoms in total. The Morgan fingerprint density at radius 1 is 1.06 bits per heavy atom. The predicted octanol–water partition coefficient (Wildman–Crippen LogP) is 2.96. The largest absolute Gasteiger partial charge is 0.434 e. The van der Waals surface area contributed by atoms with Gasteiger partial charge in [-0.15, -0.1) is 0 Å². The van der Waals surface area contributed by atoms with E-state index < -0.39 is 46.2 Å². The molecule has 0 aromatic heterocycles. The predicted molar refractivity (Wildman–Crippen MR) is 94.5 cm³/mol. The first-order chi connectivity index (χ1) is 14.2. The van der Waals surface area contributed by atoms with E-state index in [4.69, 9.17) is 4.74 Å². The highest BCUT2D eigenvalue weighted by Crippen LogP contribution is 2.38. The quantitative estimate of drug-likeness (QED) is 0.610. The summed E-state index contributed by atoms with van der Waals surface area (Å²) < 4.78 is 112. The molecule has 1 spiro atoms. The molecule has 3 fully saturated rings. The molecule has 0 aromatic rings. The van der Waals surface area contributed by atoms with Crippen LogP contribution in [0.2, 0.25) is 0 Å². The third kappa shape index (κ3) is 6.60. The zero-order valence-electron chi connectivity index (χ0n) is 16.5. The number of nitrogens with zero attached hydrogens (tertiary/aromatic N) is 1. The Balaban J connectivity index is 1.47. The Hall–Kier alpha value is -1.28. The van der Waals surface area contributed by atoms with Crippen LogP contribution in [0.1, 0.15) is 38.5 Å². The summed E-state index contributed by atoms with van der Waals surface area (Å²) in [7, 11) is -3.40. The number of sulfonamides is 1. The van der Waals surface area contributed by atoms with E-state index in [9.17, 15) is 39.6 Å². The summed E-state index contributed by atoms with van der Waals surface area (Å²) in [6.07, 6.45) is -14.3. The van der Waals surface area contributed by atoms with E-state index in [0.717, 1.165) is 17.7 Å². The topological polar surface area (TPSA) is 84.9 Å². The Labute approximate surface area is 175 Å². The molecule has 1 N–H and O–H groups in total. The zero-order chi connectivity index (χ0) is 23.1. The van der Waals surface area contributed by atoms with E-state index in [2.05, 4.69) is 9.46 Å². The minimum absolute atomic E-state index is 0.0859. The van der Waals surface area contributed by atoms with Crippen molar-refractivity contribution in [3.8, 4) is 0 Å². The van der Waals surface area contributed by atoms with Crippen molar-refractivity contribution in [2.24, 2.45) is 5.92 Å². The molecule has 2 saturated heterocycles. The van der Waals surface area contributed by atoms with Crippen LogP contribution >= 0.6 is 0 Å². The molecule has 1 aliphatic carbocycles. The normalized spacial score (nSPS) is 25.1. The van der Waals surface area contributed by atoms with Gasteiger partial charge in [-0.1, -0.05) is 0 Å². The molecule has 3 rings (SSSR count). The van der Waals surface area contributed by atoms with Gasteiger partial charge in [-0.3, -0.25) is 0 Å². The van der Waals surface area contributed by atoms with E-state index in [1.54, 1.807) is 0 Å². The molecule has 31 heavy (non-hydrogen) atoms. The molecule has 2 heterocycles. The number of carbonyl (C=O) groups excluding carboxylic acids is 1. The van der Waals surface area contributed by atoms with Crippen LogP contribution in [0.15, 0.2) is 0 Å². The van der Waals surface area contributed by atoms with Gasteiger partial charge in [0, 0.05) is 19.1 Å². The first kappa shape index (κ1) is 24.4. The average molecular weight is 482 g/mol. The van der Waals surface area contributed by atoms with Gasteiger partial charge in [-0.25, -0.2) is 17.9 Å². The van der Waals surface area contributed by atoms with Crippen molar-refractivity contribution in [3.63, 3.8) is 0 Å². The number of hydrogen-bond donors (Lipinski definition) is 1. The van der Waals surface area contributed by atoms with Crippen molar-refractivity contribution in [3.05, 3.63) is 0 Å². The number of rotatable bonds is 5. The fourth-order valence-corrected chi connectivity index (χ4v) is 5.59. The van der Waals surface area contributed by atoms with E-state index in [1.807, 2.05) is 0 Å². The number of halogens is 6. The van der Waals surface area contributed by atoms with Gasteiger partial charge in [0.15, 0.2) is 0 Å². The number of piperidine rings is 1. The molecule has 1 saturated carbocycles. The summed E-state index contributed by atoms with van der Waals surface area (Å²) in [5.74, 6) is 0.287. The van der Waals surface area contributed by atoms with Crippen molar-refractivity contribution < 1.29 is 49.0 Å². The third-order valence-corrected chi connectivity index (χ3v) is 7.39. The number of carbonyl (C=O) groups is 1. The first-order valence-corrected chi connectivity index (χ1v) is 11.6. The molecule has 2 aliphatic heterocycles. The molecule has 0 radical (unpaired) electrons. The maximum atomic E-state index is 12.6. The molecule has 1 atom stereocenters. The van der Waals surface area contributed by atoms with Crippen LogP contribution in [-0.4, -0.2) is 75.0 Å². The van der Waals surface area contributed by atoms with Gasteiger partial charge < -0.3 is 14.4 Å². The van der Waals surface area contributed by atoms with Crippen LogP contribution in [0.25, 0.3) is 0 Å². The van der Waals surface area contributed by atoms with Crippen LogP contribution in [0, 0.1) is 5.92 Å². The Morgan fingerprint density at radius 3 is 2.10 bits per heavy atom. The van der Waals surface area contributed by atoms with Crippen LogP contribution < -0.4 is 4.72 Å². The molecule has 3 aliphatic rings. The zero-order valence-corrected chi connectivity index (χ0v) is 17.3. The summed E-state index contributed by atoms with van der Waals surface area (Å²) in [5.41, 5.74) is -0.692. The third-order valence-electron chi connectivity index (χ3n) is 5.78. The van der Waals surface area contributed by atoms with Crippen LogP contribution in [0.4, 0.5) is 31.1 Å². The minimum Gasteiger partial charge on any atom is -0.426 e. The van der Waals surface area contributed by atoms with Gasteiger partial charge in [0.25, 0.3) is 6.10 Å². The van der Waals surface area contributed by atoms with Crippen molar-refractivity contribution in [2.45, 2.75) is 68.6 Å². The Kier molecular flexibility index (Phi) is 6.74. The maximum Gasteiger partial charge on any atom is 0.434 e. The monoisotopic (exact) mass is 482 g/mol. The molecule has 1 unspecified atom stereocenters. The number of alkyl halides is 6. The van der Waals surface area contributed by atoms with Crippen LogP contribution in [0.3, 0.4) is 0 Å². The lowest BCUT2D eigenvalue weighted by atomic mass is 9.83. The number of amides is 1. The van der Waals surface area contributed by atoms with Crippen molar-refractivity contribution in [1.29, 1.82) is 0 Å². The first-order valence-electron chi connectivity index (χ1n) is 9.92.